The first-order valence-electron chi connectivity index (χ1n) is 3.45. The van der Waals surface area contributed by atoms with E-state index in [-0.39, 0.29) is 0 Å². The van der Waals surface area contributed by atoms with E-state index in [1.807, 2.05) is 12.1 Å². The van der Waals surface area contributed by atoms with Crippen molar-refractivity contribution in [1.29, 1.82) is 0 Å². The minimum absolute atomic E-state index is 0.942. The largest absolute Gasteiger partial charge is 0.463 e. The van der Waals surface area contributed by atoms with Crippen molar-refractivity contribution in [3.05, 3.63) is 30.2 Å². The third-order valence-corrected chi connectivity index (χ3v) is 1.59. The van der Waals surface area contributed by atoms with E-state index in [1.165, 1.54) is 0 Å². The highest BCUT2D eigenvalue weighted by molar-refractivity contribution is 5.60. The Labute approximate surface area is 59.5 Å². The van der Waals surface area contributed by atoms with Gasteiger partial charge in [0.05, 0.1) is 12.0 Å². The predicted octanol–water partition coefficient (Wildman–Crippen LogP) is 1.61. The van der Waals surface area contributed by atoms with Crippen LogP contribution < -0.4 is 5.32 Å². The summed E-state index contributed by atoms with van der Waals surface area (Å²) in [6, 6.07) is 3.86. The molecule has 2 rings (SSSR count). The second-order valence-electron chi connectivity index (χ2n) is 2.31. The van der Waals surface area contributed by atoms with Gasteiger partial charge in [0.2, 0.25) is 0 Å². The van der Waals surface area contributed by atoms with Crippen LogP contribution >= 0.6 is 0 Å². The smallest absolute Gasteiger partial charge is 0.149 e. The average Bonchev–Trinajstić information content (AvgIpc) is 2.59. The molecule has 2 heterocycles. The van der Waals surface area contributed by atoms with E-state index in [1.54, 1.807) is 6.26 Å². The molecule has 0 amide bonds. The van der Waals surface area contributed by atoms with Gasteiger partial charge in [-0.25, -0.2) is 0 Å². The molecule has 0 bridgehead atoms. The molecular weight excluding hydrogens is 126 g/mol. The molecule has 0 saturated heterocycles. The van der Waals surface area contributed by atoms with E-state index in [2.05, 4.69) is 11.4 Å². The Bertz CT molecular complexity index is 236. The first-order valence-corrected chi connectivity index (χ1v) is 3.45. The lowest BCUT2D eigenvalue weighted by molar-refractivity contribution is 0.549. The standard InChI is InChI=1S/C8H9NO/c1-3-7(9-5-1)8-4-2-6-10-8/h2-4,6,9H,1,5H2. The number of hydrogen-bond acceptors (Lipinski definition) is 2. The maximum Gasteiger partial charge on any atom is 0.149 e. The van der Waals surface area contributed by atoms with Crippen LogP contribution in [0, 0.1) is 0 Å². The number of furan rings is 1. The molecule has 2 nitrogen and oxygen atoms in total. The molecular formula is C8H9NO. The molecule has 0 fully saturated rings. The lowest BCUT2D eigenvalue weighted by Gasteiger charge is -1.96. The summed E-state index contributed by atoms with van der Waals surface area (Å²) in [5, 5.41) is 3.23. The van der Waals surface area contributed by atoms with E-state index in [4.69, 9.17) is 4.42 Å². The summed E-state index contributed by atoms with van der Waals surface area (Å²) >= 11 is 0. The zero-order valence-corrected chi connectivity index (χ0v) is 5.63. The van der Waals surface area contributed by atoms with Crippen LogP contribution in [-0.4, -0.2) is 6.54 Å². The summed E-state index contributed by atoms with van der Waals surface area (Å²) < 4.78 is 5.19. The van der Waals surface area contributed by atoms with Crippen molar-refractivity contribution in [2.75, 3.05) is 6.54 Å². The fraction of sp³-hybridized carbons (Fsp3) is 0.250. The molecule has 2 heteroatoms. The molecule has 52 valence electrons. The quantitative estimate of drug-likeness (QED) is 0.633. The highest BCUT2D eigenvalue weighted by Gasteiger charge is 2.06. The Balaban J connectivity index is 2.28. The maximum absolute atomic E-state index is 5.19. The Morgan fingerprint density at radius 3 is 3.10 bits per heavy atom. The van der Waals surface area contributed by atoms with Gasteiger partial charge in [-0.2, -0.15) is 0 Å². The van der Waals surface area contributed by atoms with Gasteiger partial charge < -0.3 is 9.73 Å². The topological polar surface area (TPSA) is 25.2 Å². The summed E-state index contributed by atoms with van der Waals surface area (Å²) in [6.07, 6.45) is 4.95. The average molecular weight is 135 g/mol. The second kappa shape index (κ2) is 2.21. The van der Waals surface area contributed by atoms with Gasteiger partial charge in [-0.05, 0) is 18.6 Å². The van der Waals surface area contributed by atoms with Crippen molar-refractivity contribution in [3.63, 3.8) is 0 Å². The van der Waals surface area contributed by atoms with Gasteiger partial charge in [-0.3, -0.25) is 0 Å². The fourth-order valence-electron chi connectivity index (χ4n) is 1.12. The third-order valence-electron chi connectivity index (χ3n) is 1.59. The van der Waals surface area contributed by atoms with Gasteiger partial charge in [0.1, 0.15) is 5.76 Å². The van der Waals surface area contributed by atoms with Gasteiger partial charge >= 0.3 is 0 Å². The van der Waals surface area contributed by atoms with Crippen molar-refractivity contribution in [2.24, 2.45) is 0 Å². The fourth-order valence-corrected chi connectivity index (χ4v) is 1.12. The normalized spacial score (nSPS) is 16.6. The van der Waals surface area contributed by atoms with Crippen LogP contribution in [0.25, 0.3) is 5.70 Å². The number of hydrogen-bond donors (Lipinski definition) is 1. The minimum Gasteiger partial charge on any atom is -0.463 e. The number of rotatable bonds is 1. The predicted molar refractivity (Wildman–Crippen MR) is 39.3 cm³/mol. The Morgan fingerprint density at radius 1 is 1.50 bits per heavy atom. The van der Waals surface area contributed by atoms with Gasteiger partial charge in [0.25, 0.3) is 0 Å². The number of nitrogens with one attached hydrogen (secondary N) is 1. The van der Waals surface area contributed by atoms with Crippen LogP contribution in [0.4, 0.5) is 0 Å². The van der Waals surface area contributed by atoms with Crippen LogP contribution in [0.1, 0.15) is 12.2 Å². The summed E-state index contributed by atoms with van der Waals surface area (Å²) in [5.74, 6) is 0.942. The Kier molecular flexibility index (Phi) is 1.24. The summed E-state index contributed by atoms with van der Waals surface area (Å²) in [7, 11) is 0. The van der Waals surface area contributed by atoms with Crippen LogP contribution in [0.5, 0.6) is 0 Å². The van der Waals surface area contributed by atoms with Gasteiger partial charge in [0.15, 0.2) is 0 Å². The summed E-state index contributed by atoms with van der Waals surface area (Å²) in [6.45, 7) is 1.04. The van der Waals surface area contributed by atoms with Crippen LogP contribution in [0.3, 0.4) is 0 Å². The Hall–Kier alpha value is -1.18. The van der Waals surface area contributed by atoms with Crippen LogP contribution in [-0.2, 0) is 0 Å². The van der Waals surface area contributed by atoms with Crippen molar-refractivity contribution >= 4 is 5.70 Å². The van der Waals surface area contributed by atoms with Crippen molar-refractivity contribution < 1.29 is 4.42 Å². The Morgan fingerprint density at radius 2 is 2.50 bits per heavy atom. The molecule has 1 aliphatic rings. The van der Waals surface area contributed by atoms with E-state index in [0.717, 1.165) is 24.4 Å². The molecule has 1 aromatic rings. The third kappa shape index (κ3) is 0.817. The molecule has 0 aromatic carbocycles. The molecule has 1 aliphatic heterocycles. The monoisotopic (exact) mass is 135 g/mol. The molecule has 10 heavy (non-hydrogen) atoms. The summed E-state index contributed by atoms with van der Waals surface area (Å²) in [4.78, 5) is 0. The first kappa shape index (κ1) is 5.59. The lowest BCUT2D eigenvalue weighted by atomic mass is 10.3. The maximum atomic E-state index is 5.19. The second-order valence-corrected chi connectivity index (χ2v) is 2.31. The minimum atomic E-state index is 0.942. The molecule has 0 spiro atoms. The van der Waals surface area contributed by atoms with Crippen LogP contribution in [0.15, 0.2) is 28.9 Å². The molecule has 0 unspecified atom stereocenters. The van der Waals surface area contributed by atoms with E-state index in [0.29, 0.717) is 0 Å². The highest BCUT2D eigenvalue weighted by atomic mass is 16.3. The van der Waals surface area contributed by atoms with Crippen molar-refractivity contribution in [2.45, 2.75) is 6.42 Å². The zero-order valence-electron chi connectivity index (χ0n) is 5.63. The van der Waals surface area contributed by atoms with Crippen molar-refractivity contribution in [1.82, 2.24) is 5.32 Å². The lowest BCUT2D eigenvalue weighted by Crippen LogP contribution is -2.05. The van der Waals surface area contributed by atoms with E-state index >= 15 is 0 Å². The van der Waals surface area contributed by atoms with Gasteiger partial charge in [-0.1, -0.05) is 6.08 Å². The molecule has 1 aromatic heterocycles. The van der Waals surface area contributed by atoms with Crippen LogP contribution in [0.2, 0.25) is 0 Å². The van der Waals surface area contributed by atoms with Gasteiger partial charge in [-0.15, -0.1) is 0 Å². The van der Waals surface area contributed by atoms with Crippen molar-refractivity contribution in [3.8, 4) is 0 Å². The zero-order chi connectivity index (χ0) is 6.81. The molecule has 1 N–H and O–H groups in total. The molecule has 0 atom stereocenters. The van der Waals surface area contributed by atoms with E-state index < -0.39 is 0 Å². The molecule has 0 saturated carbocycles. The van der Waals surface area contributed by atoms with E-state index in [9.17, 15) is 0 Å². The highest BCUT2D eigenvalue weighted by Crippen LogP contribution is 2.15. The SMILES string of the molecule is C1=C(c2ccco2)NCC1. The van der Waals surface area contributed by atoms with Gasteiger partial charge in [0, 0.05) is 6.54 Å². The molecule has 0 aliphatic carbocycles. The summed E-state index contributed by atoms with van der Waals surface area (Å²) in [5.41, 5.74) is 1.13. The molecule has 0 radical (unpaired) electrons. The first-order chi connectivity index (χ1) is 4.97.